The summed E-state index contributed by atoms with van der Waals surface area (Å²) >= 11 is 0. The van der Waals surface area contributed by atoms with Crippen molar-refractivity contribution in [1.29, 1.82) is 0 Å². The van der Waals surface area contributed by atoms with E-state index in [2.05, 4.69) is 52.8 Å². The summed E-state index contributed by atoms with van der Waals surface area (Å²) in [6.07, 6.45) is 4.71. The third-order valence-electron chi connectivity index (χ3n) is 5.06. The Morgan fingerprint density at radius 3 is 2.65 bits per heavy atom. The summed E-state index contributed by atoms with van der Waals surface area (Å²) in [6.45, 7) is 10.5. The van der Waals surface area contributed by atoms with Crippen LogP contribution in [0.5, 0.6) is 17.2 Å². The van der Waals surface area contributed by atoms with Crippen molar-refractivity contribution in [3.05, 3.63) is 41.5 Å². The molecule has 3 nitrogen and oxygen atoms in total. The van der Waals surface area contributed by atoms with Gasteiger partial charge in [0.15, 0.2) is 0 Å². The first-order chi connectivity index (χ1) is 12.3. The second kappa shape index (κ2) is 7.22. The van der Waals surface area contributed by atoms with Crippen molar-refractivity contribution >= 4 is 0 Å². The number of aryl methyl sites for hydroxylation is 1. The Morgan fingerprint density at radius 1 is 1.15 bits per heavy atom. The fourth-order valence-corrected chi connectivity index (χ4v) is 3.69. The van der Waals surface area contributed by atoms with Gasteiger partial charge in [0.25, 0.3) is 0 Å². The molecule has 1 N–H and O–H groups in total. The van der Waals surface area contributed by atoms with Crippen molar-refractivity contribution in [3.8, 4) is 28.4 Å². The van der Waals surface area contributed by atoms with Gasteiger partial charge in [0.2, 0.25) is 0 Å². The van der Waals surface area contributed by atoms with Crippen LogP contribution in [0.2, 0.25) is 0 Å². The Morgan fingerprint density at radius 2 is 1.92 bits per heavy atom. The van der Waals surface area contributed by atoms with Crippen molar-refractivity contribution < 1.29 is 14.6 Å². The summed E-state index contributed by atoms with van der Waals surface area (Å²) in [5.74, 6) is 1.56. The summed E-state index contributed by atoms with van der Waals surface area (Å²) < 4.78 is 12.3. The van der Waals surface area contributed by atoms with E-state index in [1.165, 1.54) is 12.8 Å². The van der Waals surface area contributed by atoms with Crippen LogP contribution in [0.25, 0.3) is 11.1 Å². The number of aromatic hydroxyl groups is 1. The maximum atomic E-state index is 10.7. The van der Waals surface area contributed by atoms with Crippen molar-refractivity contribution in [1.82, 2.24) is 0 Å². The Kier molecular flexibility index (Phi) is 5.17. The zero-order valence-corrected chi connectivity index (χ0v) is 16.6. The van der Waals surface area contributed by atoms with E-state index in [9.17, 15) is 5.11 Å². The molecule has 1 unspecified atom stereocenters. The lowest BCUT2D eigenvalue weighted by Crippen LogP contribution is -2.29. The van der Waals surface area contributed by atoms with Gasteiger partial charge < -0.3 is 14.6 Å². The van der Waals surface area contributed by atoms with Crippen LogP contribution in [0.15, 0.2) is 30.3 Å². The molecular weight excluding hydrogens is 324 g/mol. The predicted octanol–water partition coefficient (Wildman–Crippen LogP) is 6.34. The number of fused-ring (bicyclic) bond motifs is 3. The molecule has 140 valence electrons. The van der Waals surface area contributed by atoms with E-state index >= 15 is 0 Å². The Balaban J connectivity index is 1.94. The minimum Gasteiger partial charge on any atom is -0.507 e. The molecule has 1 heterocycles. The second-order valence-corrected chi connectivity index (χ2v) is 7.90. The normalized spacial score (nSPS) is 15.6. The van der Waals surface area contributed by atoms with Crippen LogP contribution in [0.3, 0.4) is 0 Å². The van der Waals surface area contributed by atoms with Crippen molar-refractivity contribution in [2.75, 3.05) is 0 Å². The summed E-state index contributed by atoms with van der Waals surface area (Å²) in [5.41, 5.74) is 3.60. The van der Waals surface area contributed by atoms with Crippen molar-refractivity contribution in [3.63, 3.8) is 0 Å². The fraction of sp³-hybridized carbons (Fsp3) is 0.478. The minimum absolute atomic E-state index is 0.116. The van der Waals surface area contributed by atoms with Gasteiger partial charge in [0.1, 0.15) is 22.8 Å². The molecular formula is C23H30O3. The molecule has 0 fully saturated rings. The van der Waals surface area contributed by atoms with Crippen LogP contribution in [0.1, 0.15) is 64.5 Å². The lowest BCUT2D eigenvalue weighted by molar-refractivity contribution is 0.104. The average molecular weight is 354 g/mol. The van der Waals surface area contributed by atoms with Crippen LogP contribution < -0.4 is 9.47 Å². The SMILES string of the molecule is CCCCCC(C)Oc1cc(O)c2c(c1)OC(C)(C)c1ccc(C)cc1-2. The van der Waals surface area contributed by atoms with Crippen molar-refractivity contribution in [2.45, 2.75) is 72.0 Å². The summed E-state index contributed by atoms with van der Waals surface area (Å²) in [5, 5.41) is 10.7. The second-order valence-electron chi connectivity index (χ2n) is 7.90. The summed E-state index contributed by atoms with van der Waals surface area (Å²) in [6, 6.07) is 9.92. The van der Waals surface area contributed by atoms with Crippen LogP contribution in [-0.4, -0.2) is 11.2 Å². The molecule has 0 saturated heterocycles. The topological polar surface area (TPSA) is 38.7 Å². The molecule has 0 amide bonds. The Hall–Kier alpha value is -2.16. The minimum atomic E-state index is -0.451. The van der Waals surface area contributed by atoms with Gasteiger partial charge in [-0.25, -0.2) is 0 Å². The predicted molar refractivity (Wildman–Crippen MR) is 106 cm³/mol. The van der Waals surface area contributed by atoms with E-state index in [1.54, 1.807) is 6.07 Å². The van der Waals surface area contributed by atoms with Crippen LogP contribution in [0.4, 0.5) is 0 Å². The number of hydrogen-bond acceptors (Lipinski definition) is 3. The van der Waals surface area contributed by atoms with Crippen LogP contribution in [-0.2, 0) is 5.60 Å². The first-order valence-electron chi connectivity index (χ1n) is 9.66. The van der Waals surface area contributed by atoms with Gasteiger partial charge in [-0.05, 0) is 46.1 Å². The molecule has 3 heteroatoms. The molecule has 2 aromatic rings. The number of phenols is 1. The first kappa shape index (κ1) is 18.6. The number of rotatable bonds is 6. The van der Waals surface area contributed by atoms with E-state index in [1.807, 2.05) is 6.07 Å². The standard InChI is InChI=1S/C23H30O3/c1-6-7-8-9-16(3)25-17-13-20(24)22-18-12-15(2)10-11-19(18)23(4,5)26-21(22)14-17/h10-14,16,24H,6-9H2,1-5H3. The molecule has 0 bridgehead atoms. The quantitative estimate of drug-likeness (QED) is 0.615. The molecule has 0 saturated carbocycles. The van der Waals surface area contributed by atoms with Gasteiger partial charge in [-0.2, -0.15) is 0 Å². The highest BCUT2D eigenvalue weighted by Crippen LogP contribution is 2.50. The molecule has 1 aliphatic heterocycles. The largest absolute Gasteiger partial charge is 0.507 e. The third kappa shape index (κ3) is 3.67. The maximum Gasteiger partial charge on any atom is 0.135 e. The van der Waals surface area contributed by atoms with Crippen LogP contribution in [0, 0.1) is 6.92 Å². The highest BCUT2D eigenvalue weighted by Gasteiger charge is 2.34. The van der Waals surface area contributed by atoms with E-state index in [0.717, 1.165) is 35.1 Å². The molecule has 26 heavy (non-hydrogen) atoms. The van der Waals surface area contributed by atoms with E-state index in [0.29, 0.717) is 11.5 Å². The number of phenolic OH excluding ortho intramolecular Hbond substituents is 1. The molecule has 2 aromatic carbocycles. The van der Waals surface area contributed by atoms with Gasteiger partial charge in [-0.1, -0.05) is 43.5 Å². The van der Waals surface area contributed by atoms with Crippen LogP contribution >= 0.6 is 0 Å². The van der Waals surface area contributed by atoms with Gasteiger partial charge in [-0.3, -0.25) is 0 Å². The Bertz CT molecular complexity index is 792. The lowest BCUT2D eigenvalue weighted by atomic mass is 9.85. The highest BCUT2D eigenvalue weighted by atomic mass is 16.5. The maximum absolute atomic E-state index is 10.7. The number of benzene rings is 2. The van der Waals surface area contributed by atoms with Crippen molar-refractivity contribution in [2.24, 2.45) is 0 Å². The number of unbranched alkanes of at least 4 members (excludes halogenated alkanes) is 2. The fourth-order valence-electron chi connectivity index (χ4n) is 3.69. The van der Waals surface area contributed by atoms with Gasteiger partial charge in [-0.15, -0.1) is 0 Å². The zero-order valence-electron chi connectivity index (χ0n) is 16.6. The molecule has 1 atom stereocenters. The highest BCUT2D eigenvalue weighted by molar-refractivity contribution is 5.82. The average Bonchev–Trinajstić information content (AvgIpc) is 2.53. The van der Waals surface area contributed by atoms with E-state index < -0.39 is 5.60 Å². The van der Waals surface area contributed by atoms with E-state index in [-0.39, 0.29) is 11.9 Å². The smallest absolute Gasteiger partial charge is 0.135 e. The number of hydrogen-bond donors (Lipinski definition) is 1. The molecule has 0 spiro atoms. The number of ether oxygens (including phenoxy) is 2. The van der Waals surface area contributed by atoms with Gasteiger partial charge >= 0.3 is 0 Å². The molecule has 0 aromatic heterocycles. The van der Waals surface area contributed by atoms with Gasteiger partial charge in [0.05, 0.1) is 11.7 Å². The van der Waals surface area contributed by atoms with Gasteiger partial charge in [0, 0.05) is 17.7 Å². The first-order valence-corrected chi connectivity index (χ1v) is 9.66. The molecule has 3 rings (SSSR count). The third-order valence-corrected chi connectivity index (χ3v) is 5.06. The molecule has 0 radical (unpaired) electrons. The summed E-state index contributed by atoms with van der Waals surface area (Å²) in [4.78, 5) is 0. The monoisotopic (exact) mass is 354 g/mol. The molecule has 0 aliphatic carbocycles. The Labute approximate surface area is 157 Å². The van der Waals surface area contributed by atoms with E-state index in [4.69, 9.17) is 9.47 Å². The summed E-state index contributed by atoms with van der Waals surface area (Å²) in [7, 11) is 0. The molecule has 1 aliphatic rings. The zero-order chi connectivity index (χ0) is 18.9. The lowest BCUT2D eigenvalue weighted by Gasteiger charge is -2.35.